The number of fused-ring (bicyclic) bond motifs is 1. The van der Waals surface area contributed by atoms with Crippen LogP contribution in [-0.2, 0) is 18.9 Å². The van der Waals surface area contributed by atoms with Crippen LogP contribution in [0.25, 0.3) is 11.0 Å². The number of rotatable bonds is 5. The molecule has 3 rings (SSSR count). The summed E-state index contributed by atoms with van der Waals surface area (Å²) in [5, 5.41) is 2.97. The maximum Gasteiger partial charge on any atom is 0.332 e. The first kappa shape index (κ1) is 19.3. The number of ether oxygens (including phenoxy) is 1. The molecule has 3 aromatic rings. The monoisotopic (exact) mass is 382 g/mol. The van der Waals surface area contributed by atoms with E-state index in [0.29, 0.717) is 5.69 Å². The molecule has 0 aliphatic rings. The van der Waals surface area contributed by atoms with E-state index >= 15 is 0 Å². The number of amides is 1. The van der Waals surface area contributed by atoms with Crippen molar-refractivity contribution in [2.75, 3.05) is 11.9 Å². The largest absolute Gasteiger partial charge is 0.493 e. The molecule has 0 bridgehead atoms. The molecule has 1 amide bonds. The molecule has 0 radical (unpaired) electrons. The predicted octanol–water partition coefficient (Wildman–Crippen LogP) is 1.66. The van der Waals surface area contributed by atoms with Crippen molar-refractivity contribution >= 4 is 22.6 Å². The summed E-state index contributed by atoms with van der Waals surface area (Å²) in [5.41, 5.74) is 1.91. The number of nitrogens with zero attached hydrogens (tertiary/aromatic N) is 3. The van der Waals surface area contributed by atoms with Crippen molar-refractivity contribution in [2.24, 2.45) is 14.1 Å². The van der Waals surface area contributed by atoms with Crippen molar-refractivity contribution in [1.82, 2.24) is 14.1 Å². The van der Waals surface area contributed by atoms with Crippen LogP contribution in [0.3, 0.4) is 0 Å². The van der Waals surface area contributed by atoms with Crippen LogP contribution < -0.4 is 21.3 Å². The predicted molar refractivity (Wildman–Crippen MR) is 107 cm³/mol. The molecule has 1 N–H and O–H groups in total. The molecule has 2 heterocycles. The first-order chi connectivity index (χ1) is 13.3. The van der Waals surface area contributed by atoms with Crippen molar-refractivity contribution in [3.63, 3.8) is 0 Å². The lowest BCUT2D eigenvalue weighted by Crippen LogP contribution is -2.37. The molecule has 0 aliphatic carbocycles. The second-order valence-corrected chi connectivity index (χ2v) is 6.72. The van der Waals surface area contributed by atoms with Gasteiger partial charge in [-0.2, -0.15) is 0 Å². The number of nitrogens with one attached hydrogen (secondary N) is 1. The molecule has 0 spiro atoms. The summed E-state index contributed by atoms with van der Waals surface area (Å²) in [7, 11) is 2.94. The SMILES string of the molecule is Cc1ccc(OCCC(=O)Nc2cnc3c(c2)c(=O)n(C)c(=O)n3C)c(C)c1. The fourth-order valence-electron chi connectivity index (χ4n) is 2.97. The van der Waals surface area contributed by atoms with E-state index in [1.165, 1.54) is 23.9 Å². The zero-order valence-corrected chi connectivity index (χ0v) is 16.3. The van der Waals surface area contributed by atoms with Gasteiger partial charge >= 0.3 is 5.69 Å². The van der Waals surface area contributed by atoms with Crippen LogP contribution in [0.15, 0.2) is 40.1 Å². The molecule has 1 aromatic carbocycles. The van der Waals surface area contributed by atoms with Gasteiger partial charge in [0.05, 0.1) is 30.3 Å². The molecule has 28 heavy (non-hydrogen) atoms. The molecule has 0 aliphatic heterocycles. The number of aryl methyl sites for hydroxylation is 3. The number of benzene rings is 1. The average molecular weight is 382 g/mol. The van der Waals surface area contributed by atoms with Gasteiger partial charge in [-0.05, 0) is 31.5 Å². The normalized spacial score (nSPS) is 10.9. The zero-order chi connectivity index (χ0) is 20.4. The first-order valence-corrected chi connectivity index (χ1v) is 8.83. The Kier molecular flexibility index (Phi) is 5.30. The van der Waals surface area contributed by atoms with E-state index in [-0.39, 0.29) is 30.0 Å². The minimum atomic E-state index is -0.458. The fraction of sp³-hybridized carbons (Fsp3) is 0.300. The van der Waals surface area contributed by atoms with Gasteiger partial charge in [0, 0.05) is 14.1 Å². The highest BCUT2D eigenvalue weighted by Crippen LogP contribution is 2.19. The van der Waals surface area contributed by atoms with Crippen LogP contribution in [0, 0.1) is 13.8 Å². The topological polar surface area (TPSA) is 95.2 Å². The highest BCUT2D eigenvalue weighted by atomic mass is 16.5. The van der Waals surface area contributed by atoms with Gasteiger partial charge in [0.25, 0.3) is 5.56 Å². The van der Waals surface area contributed by atoms with E-state index < -0.39 is 11.2 Å². The number of anilines is 1. The number of carbonyl (C=O) groups is 1. The van der Waals surface area contributed by atoms with Gasteiger partial charge in [-0.25, -0.2) is 9.78 Å². The molecule has 0 unspecified atom stereocenters. The minimum absolute atomic E-state index is 0.149. The number of carbonyl (C=O) groups excluding carboxylic acids is 1. The van der Waals surface area contributed by atoms with E-state index in [2.05, 4.69) is 10.3 Å². The first-order valence-electron chi connectivity index (χ1n) is 8.83. The molecule has 8 heteroatoms. The quantitative estimate of drug-likeness (QED) is 0.724. The van der Waals surface area contributed by atoms with Crippen LogP contribution in [0.2, 0.25) is 0 Å². The van der Waals surface area contributed by atoms with Crippen molar-refractivity contribution in [3.8, 4) is 5.75 Å². The molecular formula is C20H22N4O4. The Hall–Kier alpha value is -3.42. The molecule has 146 valence electrons. The van der Waals surface area contributed by atoms with Crippen LogP contribution >= 0.6 is 0 Å². The van der Waals surface area contributed by atoms with E-state index in [9.17, 15) is 14.4 Å². The molecule has 2 aromatic heterocycles. The summed E-state index contributed by atoms with van der Waals surface area (Å²) in [6, 6.07) is 7.38. The third-order valence-corrected chi connectivity index (χ3v) is 4.49. The van der Waals surface area contributed by atoms with E-state index in [1.54, 1.807) is 7.05 Å². The lowest BCUT2D eigenvalue weighted by atomic mass is 10.1. The molecule has 0 saturated heterocycles. The molecule has 0 fully saturated rings. The highest BCUT2D eigenvalue weighted by Gasteiger charge is 2.11. The number of pyridine rings is 1. The Bertz CT molecular complexity index is 1180. The van der Waals surface area contributed by atoms with Crippen molar-refractivity contribution < 1.29 is 9.53 Å². The van der Waals surface area contributed by atoms with Crippen molar-refractivity contribution in [1.29, 1.82) is 0 Å². The Labute approximate surface area is 161 Å². The Morgan fingerprint density at radius 1 is 1.14 bits per heavy atom. The van der Waals surface area contributed by atoms with Crippen molar-refractivity contribution in [3.05, 3.63) is 62.4 Å². The van der Waals surface area contributed by atoms with Gasteiger partial charge in [-0.3, -0.25) is 18.7 Å². The summed E-state index contributed by atoms with van der Waals surface area (Å²) in [4.78, 5) is 40.6. The summed E-state index contributed by atoms with van der Waals surface area (Å²) < 4.78 is 7.97. The van der Waals surface area contributed by atoms with Crippen molar-refractivity contribution in [2.45, 2.75) is 20.3 Å². The van der Waals surface area contributed by atoms with Gasteiger partial charge in [0.1, 0.15) is 11.4 Å². The lowest BCUT2D eigenvalue weighted by Gasteiger charge is -2.11. The standard InChI is InChI=1S/C20H22N4O4/c1-12-5-6-16(13(2)9-12)28-8-7-17(25)22-14-10-15-18(21-11-14)23(3)20(27)24(4)19(15)26/h5-6,9-11H,7-8H2,1-4H3,(H,22,25). The smallest absolute Gasteiger partial charge is 0.332 e. The Morgan fingerprint density at radius 3 is 2.61 bits per heavy atom. The van der Waals surface area contributed by atoms with Crippen LogP contribution in [0.1, 0.15) is 17.5 Å². The van der Waals surface area contributed by atoms with Crippen LogP contribution in [-0.4, -0.2) is 26.6 Å². The van der Waals surface area contributed by atoms with Gasteiger partial charge < -0.3 is 10.1 Å². The zero-order valence-electron chi connectivity index (χ0n) is 16.3. The summed E-state index contributed by atoms with van der Waals surface area (Å²) in [6.45, 7) is 4.19. The Morgan fingerprint density at radius 2 is 1.89 bits per heavy atom. The number of hydrogen-bond acceptors (Lipinski definition) is 5. The van der Waals surface area contributed by atoms with Gasteiger partial charge in [0.2, 0.25) is 5.91 Å². The maximum atomic E-state index is 12.3. The summed E-state index contributed by atoms with van der Waals surface area (Å²) >= 11 is 0. The molecule has 0 saturated carbocycles. The van der Waals surface area contributed by atoms with Crippen LogP contribution in [0.5, 0.6) is 5.75 Å². The summed E-state index contributed by atoms with van der Waals surface area (Å²) in [6.07, 6.45) is 1.57. The summed E-state index contributed by atoms with van der Waals surface area (Å²) in [5.74, 6) is 0.489. The maximum absolute atomic E-state index is 12.3. The van der Waals surface area contributed by atoms with E-state index in [4.69, 9.17) is 4.74 Å². The lowest BCUT2D eigenvalue weighted by molar-refractivity contribution is -0.116. The molecule has 0 atom stereocenters. The van der Waals surface area contributed by atoms with Gasteiger partial charge in [-0.15, -0.1) is 0 Å². The second kappa shape index (κ2) is 7.67. The van der Waals surface area contributed by atoms with E-state index in [0.717, 1.165) is 21.4 Å². The minimum Gasteiger partial charge on any atom is -0.493 e. The Balaban J connectivity index is 1.69. The van der Waals surface area contributed by atoms with Gasteiger partial charge in [-0.1, -0.05) is 17.7 Å². The number of hydrogen-bond donors (Lipinski definition) is 1. The fourth-order valence-corrected chi connectivity index (χ4v) is 2.97. The number of aromatic nitrogens is 3. The average Bonchev–Trinajstić information content (AvgIpc) is 2.66. The third kappa shape index (κ3) is 3.80. The highest BCUT2D eigenvalue weighted by molar-refractivity contribution is 5.92. The third-order valence-electron chi connectivity index (χ3n) is 4.49. The van der Waals surface area contributed by atoms with E-state index in [1.807, 2.05) is 32.0 Å². The van der Waals surface area contributed by atoms with Gasteiger partial charge in [0.15, 0.2) is 0 Å². The molecular weight excluding hydrogens is 360 g/mol. The van der Waals surface area contributed by atoms with Crippen LogP contribution in [0.4, 0.5) is 5.69 Å². The second-order valence-electron chi connectivity index (χ2n) is 6.72. The molecule has 8 nitrogen and oxygen atoms in total.